The van der Waals surface area contributed by atoms with Gasteiger partial charge in [-0.05, 0) is 37.1 Å². The summed E-state index contributed by atoms with van der Waals surface area (Å²) in [6.45, 7) is 3.17. The Bertz CT molecular complexity index is 1510. The van der Waals surface area contributed by atoms with Gasteiger partial charge in [-0.25, -0.2) is 4.99 Å². The first-order valence-corrected chi connectivity index (χ1v) is 14.1. The average Bonchev–Trinajstić information content (AvgIpc) is 3.65. The lowest BCUT2D eigenvalue weighted by Gasteiger charge is -2.39. The number of nitrogens with one attached hydrogen (secondary N) is 4. The van der Waals surface area contributed by atoms with Crippen LogP contribution in [-0.2, 0) is 4.74 Å². The van der Waals surface area contributed by atoms with E-state index in [1.807, 2.05) is 24.4 Å². The number of anilines is 2. The van der Waals surface area contributed by atoms with Crippen molar-refractivity contribution in [3.63, 3.8) is 0 Å². The maximum atomic E-state index is 7.36. The van der Waals surface area contributed by atoms with Crippen LogP contribution >= 0.6 is 0 Å². The van der Waals surface area contributed by atoms with Gasteiger partial charge in [0.15, 0.2) is 5.84 Å². The molecule has 4 heterocycles. The first-order chi connectivity index (χ1) is 19.6. The number of ether oxygens (including phenoxy) is 2. The highest BCUT2D eigenvalue weighted by atomic mass is 16.5. The minimum Gasteiger partial charge on any atom is -0.494 e. The third-order valence-electron chi connectivity index (χ3n) is 8.47. The zero-order valence-electron chi connectivity index (χ0n) is 22.7. The third kappa shape index (κ3) is 4.35. The van der Waals surface area contributed by atoms with Crippen LogP contribution in [0, 0.1) is 5.92 Å². The minimum absolute atomic E-state index is 0.193. The Kier molecular flexibility index (Phi) is 6.32. The highest BCUT2D eigenvalue weighted by Gasteiger charge is 2.47. The first kappa shape index (κ1) is 24.9. The molecule has 1 atom stereocenters. The Morgan fingerprint density at radius 3 is 2.75 bits per heavy atom. The quantitative estimate of drug-likeness (QED) is 0.332. The Labute approximate surface area is 232 Å². The zero-order chi connectivity index (χ0) is 27.1. The van der Waals surface area contributed by atoms with Crippen LogP contribution in [0.3, 0.4) is 0 Å². The van der Waals surface area contributed by atoms with E-state index in [2.05, 4.69) is 49.5 Å². The number of amidine groups is 1. The molecule has 208 valence electrons. The summed E-state index contributed by atoms with van der Waals surface area (Å²) in [5.41, 5.74) is 18.8. The molecule has 6 N–H and O–H groups in total. The Hall–Kier alpha value is -4.09. The molecule has 1 saturated heterocycles. The fourth-order valence-electron chi connectivity index (χ4n) is 6.33. The predicted molar refractivity (Wildman–Crippen MR) is 157 cm³/mol. The van der Waals surface area contributed by atoms with Crippen molar-refractivity contribution < 1.29 is 9.47 Å². The Morgan fingerprint density at radius 1 is 1.07 bits per heavy atom. The average molecular weight is 542 g/mol. The fraction of sp³-hybridized carbons (Fsp3) is 0.414. The molecule has 4 aliphatic rings. The molecule has 1 saturated carbocycles. The maximum absolute atomic E-state index is 7.36. The number of nitrogens with two attached hydrogens (primary N) is 1. The van der Waals surface area contributed by atoms with Crippen molar-refractivity contribution in [3.8, 4) is 5.75 Å². The maximum Gasteiger partial charge on any atom is 0.226 e. The van der Waals surface area contributed by atoms with Gasteiger partial charge < -0.3 is 25.4 Å². The highest BCUT2D eigenvalue weighted by molar-refractivity contribution is 6.18. The van der Waals surface area contributed by atoms with Crippen LogP contribution in [0.5, 0.6) is 5.75 Å². The number of hydrogen-bond acceptors (Lipinski definition) is 10. The molecule has 3 aromatic rings. The number of methoxy groups -OCH3 is 1. The summed E-state index contributed by atoms with van der Waals surface area (Å²) in [7, 11) is 1.68. The highest BCUT2D eigenvalue weighted by Crippen LogP contribution is 2.42. The van der Waals surface area contributed by atoms with Gasteiger partial charge in [-0.3, -0.25) is 16.0 Å². The van der Waals surface area contributed by atoms with Crippen LogP contribution in [-0.4, -0.2) is 61.1 Å². The summed E-state index contributed by atoms with van der Waals surface area (Å²) in [5, 5.41) is 11.7. The molecule has 0 radical (unpaired) electrons. The molecule has 40 heavy (non-hydrogen) atoms. The van der Waals surface area contributed by atoms with Gasteiger partial charge in [0.05, 0.1) is 49.0 Å². The molecule has 3 aliphatic heterocycles. The van der Waals surface area contributed by atoms with Crippen LogP contribution in [0.15, 0.2) is 58.2 Å². The van der Waals surface area contributed by atoms with E-state index in [-0.39, 0.29) is 5.92 Å². The second-order valence-electron chi connectivity index (χ2n) is 10.8. The van der Waals surface area contributed by atoms with E-state index in [1.54, 1.807) is 7.11 Å². The minimum atomic E-state index is -0.946. The summed E-state index contributed by atoms with van der Waals surface area (Å²) in [4.78, 5) is 12.3. The van der Waals surface area contributed by atoms with Gasteiger partial charge >= 0.3 is 0 Å². The van der Waals surface area contributed by atoms with Gasteiger partial charge in [-0.1, -0.05) is 25.3 Å². The van der Waals surface area contributed by atoms with Gasteiger partial charge in [0.1, 0.15) is 11.4 Å². The number of nitrogens with zero attached hydrogens (tertiary/aromatic N) is 4. The predicted octanol–water partition coefficient (Wildman–Crippen LogP) is 3.34. The molecule has 0 amide bonds. The van der Waals surface area contributed by atoms with E-state index in [4.69, 9.17) is 25.2 Å². The lowest BCUT2D eigenvalue weighted by molar-refractivity contribution is 0.122. The van der Waals surface area contributed by atoms with Crippen molar-refractivity contribution in [2.24, 2.45) is 21.6 Å². The number of hydrogen-bond donors (Lipinski definition) is 5. The molecule has 1 aliphatic carbocycles. The SMILES string of the molecule is COc1cc(N2CCOCC2)ccc1NC1=NC(N)(C2CCCCC2)C2=C(c3ccc4[nH]ncc4c3)NNC2=N1. The van der Waals surface area contributed by atoms with Crippen molar-refractivity contribution in [1.82, 2.24) is 21.0 Å². The fourth-order valence-corrected chi connectivity index (χ4v) is 6.33. The molecule has 0 spiro atoms. The summed E-state index contributed by atoms with van der Waals surface area (Å²) in [6.07, 6.45) is 7.41. The van der Waals surface area contributed by atoms with Crippen LogP contribution < -0.4 is 31.5 Å². The summed E-state index contributed by atoms with van der Waals surface area (Å²) >= 11 is 0. The van der Waals surface area contributed by atoms with E-state index < -0.39 is 5.66 Å². The Morgan fingerprint density at radius 2 is 1.93 bits per heavy atom. The van der Waals surface area contributed by atoms with E-state index in [0.717, 1.165) is 96.8 Å². The Balaban J connectivity index is 1.26. The van der Waals surface area contributed by atoms with E-state index in [1.165, 1.54) is 6.42 Å². The van der Waals surface area contributed by atoms with Gasteiger partial charge in [0.25, 0.3) is 0 Å². The standard InChI is InChI=1S/C29H35N9O2/c1-39-24-16-21(38-11-13-40-14-12-38)8-10-23(24)32-28-33-27-25(29(30,34-28)20-5-3-2-4-6-20)26(36-37-27)18-7-9-22-19(15-18)17-31-35-22/h7-10,15-17,20H,2-6,11-14,30H2,1H3,(H,31,35)(H3,32,33,34,36,37). The number of benzene rings is 2. The van der Waals surface area contributed by atoms with Gasteiger partial charge in [0, 0.05) is 41.7 Å². The summed E-state index contributed by atoms with van der Waals surface area (Å²) in [6, 6.07) is 12.4. The molecular weight excluding hydrogens is 506 g/mol. The number of aromatic nitrogens is 2. The van der Waals surface area contributed by atoms with Gasteiger partial charge in [-0.2, -0.15) is 10.1 Å². The van der Waals surface area contributed by atoms with Crippen LogP contribution in [0.25, 0.3) is 16.6 Å². The number of hydrazine groups is 1. The molecule has 2 aromatic carbocycles. The van der Waals surface area contributed by atoms with E-state index >= 15 is 0 Å². The number of H-pyrrole nitrogens is 1. The molecule has 2 fully saturated rings. The first-order valence-electron chi connectivity index (χ1n) is 14.1. The van der Waals surface area contributed by atoms with Crippen molar-refractivity contribution >= 4 is 39.8 Å². The van der Waals surface area contributed by atoms with Crippen molar-refractivity contribution in [2.45, 2.75) is 37.8 Å². The molecular formula is C29H35N9O2. The second kappa shape index (κ2) is 10.1. The third-order valence-corrected chi connectivity index (χ3v) is 8.47. The van der Waals surface area contributed by atoms with Crippen molar-refractivity contribution in [1.29, 1.82) is 0 Å². The molecule has 1 aromatic heterocycles. The number of aliphatic imine (C=N–C) groups is 2. The molecule has 0 bridgehead atoms. The normalized spacial score (nSPS) is 23.3. The lowest BCUT2D eigenvalue weighted by atomic mass is 9.75. The summed E-state index contributed by atoms with van der Waals surface area (Å²) < 4.78 is 11.3. The number of aromatic amines is 1. The zero-order valence-corrected chi connectivity index (χ0v) is 22.7. The second-order valence-corrected chi connectivity index (χ2v) is 10.8. The summed E-state index contributed by atoms with van der Waals surface area (Å²) in [5.74, 6) is 2.07. The molecule has 7 rings (SSSR count). The van der Waals surface area contributed by atoms with Crippen LogP contribution in [0.4, 0.5) is 11.4 Å². The van der Waals surface area contributed by atoms with E-state index in [9.17, 15) is 0 Å². The van der Waals surface area contributed by atoms with E-state index in [0.29, 0.717) is 11.8 Å². The molecule has 1 unspecified atom stereocenters. The van der Waals surface area contributed by atoms with Gasteiger partial charge in [0.2, 0.25) is 5.96 Å². The van der Waals surface area contributed by atoms with Crippen molar-refractivity contribution in [3.05, 3.63) is 53.7 Å². The van der Waals surface area contributed by atoms with Crippen LogP contribution in [0.2, 0.25) is 0 Å². The topological polar surface area (TPSA) is 137 Å². The number of guanidine groups is 1. The van der Waals surface area contributed by atoms with Gasteiger partial charge in [-0.15, -0.1) is 0 Å². The molecule has 11 heteroatoms. The lowest BCUT2D eigenvalue weighted by Crippen LogP contribution is -2.53. The van der Waals surface area contributed by atoms with Crippen molar-refractivity contribution in [2.75, 3.05) is 43.6 Å². The number of morpholine rings is 1. The number of fused-ring (bicyclic) bond motifs is 2. The largest absolute Gasteiger partial charge is 0.494 e. The number of rotatable bonds is 5. The monoisotopic (exact) mass is 541 g/mol. The molecule has 11 nitrogen and oxygen atoms in total. The smallest absolute Gasteiger partial charge is 0.226 e. The van der Waals surface area contributed by atoms with Crippen LogP contribution in [0.1, 0.15) is 37.7 Å².